The van der Waals surface area contributed by atoms with Crippen LogP contribution in [0.15, 0.2) is 22.6 Å². The molecule has 8 heteroatoms. The maximum Gasteiger partial charge on any atom is 0.310 e. The predicted octanol–water partition coefficient (Wildman–Crippen LogP) is 3.82. The maximum absolute atomic E-state index is 11.9. The van der Waals surface area contributed by atoms with Crippen molar-refractivity contribution in [2.24, 2.45) is 5.92 Å². The number of hydrogen-bond donors (Lipinski definition) is 0. The zero-order valence-corrected chi connectivity index (χ0v) is 15.4. The molecule has 1 saturated heterocycles. The minimum absolute atomic E-state index is 0.0956. The van der Waals surface area contributed by atoms with Crippen LogP contribution in [0.1, 0.15) is 25.7 Å². The number of benzene rings is 1. The van der Waals surface area contributed by atoms with Gasteiger partial charge in [-0.05, 0) is 44.5 Å². The summed E-state index contributed by atoms with van der Waals surface area (Å²) < 4.78 is 10.9. The molecule has 1 aliphatic rings. The first-order valence-electron chi connectivity index (χ1n) is 8.23. The monoisotopic (exact) mass is 383 g/mol. The number of aromatic nitrogens is 2. The van der Waals surface area contributed by atoms with Gasteiger partial charge in [0.15, 0.2) is 0 Å². The van der Waals surface area contributed by atoms with Crippen LogP contribution < -0.4 is 0 Å². The van der Waals surface area contributed by atoms with Gasteiger partial charge in [-0.1, -0.05) is 23.2 Å². The summed E-state index contributed by atoms with van der Waals surface area (Å²) in [4.78, 5) is 14.1. The molecule has 1 aromatic carbocycles. The second kappa shape index (κ2) is 8.17. The van der Waals surface area contributed by atoms with Crippen LogP contribution in [0, 0.1) is 5.92 Å². The lowest BCUT2D eigenvalue weighted by Crippen LogP contribution is -2.39. The third-order valence-corrected chi connectivity index (χ3v) is 4.66. The molecule has 0 N–H and O–H groups in total. The van der Waals surface area contributed by atoms with Crippen molar-refractivity contribution in [2.45, 2.75) is 26.3 Å². The summed E-state index contributed by atoms with van der Waals surface area (Å²) in [5.74, 6) is 0.620. The summed E-state index contributed by atoms with van der Waals surface area (Å²) in [6.07, 6.45) is 1.79. The van der Waals surface area contributed by atoms with E-state index in [0.717, 1.165) is 19.4 Å². The number of nitrogens with zero attached hydrogens (tertiary/aromatic N) is 3. The Balaban J connectivity index is 1.66. The second-order valence-electron chi connectivity index (χ2n) is 5.95. The topological polar surface area (TPSA) is 68.5 Å². The quantitative estimate of drug-likeness (QED) is 0.730. The minimum Gasteiger partial charge on any atom is -0.466 e. The van der Waals surface area contributed by atoms with Crippen LogP contribution >= 0.6 is 23.2 Å². The normalized spacial score (nSPS) is 18.3. The Hall–Kier alpha value is -1.63. The lowest BCUT2D eigenvalue weighted by Gasteiger charge is -2.30. The van der Waals surface area contributed by atoms with Crippen molar-refractivity contribution < 1.29 is 13.9 Å². The first kappa shape index (κ1) is 18.2. The van der Waals surface area contributed by atoms with Gasteiger partial charge in [-0.15, -0.1) is 10.2 Å². The van der Waals surface area contributed by atoms with Gasteiger partial charge in [-0.3, -0.25) is 9.69 Å². The highest BCUT2D eigenvalue weighted by molar-refractivity contribution is 6.36. The van der Waals surface area contributed by atoms with Crippen LogP contribution in [0.2, 0.25) is 10.0 Å². The fraction of sp³-hybridized carbons (Fsp3) is 0.471. The van der Waals surface area contributed by atoms with Crippen molar-refractivity contribution in [3.8, 4) is 11.5 Å². The molecule has 1 fully saturated rings. The van der Waals surface area contributed by atoms with Gasteiger partial charge in [0.1, 0.15) is 0 Å². The van der Waals surface area contributed by atoms with Crippen molar-refractivity contribution in [1.29, 1.82) is 0 Å². The summed E-state index contributed by atoms with van der Waals surface area (Å²) in [6.45, 7) is 4.24. The van der Waals surface area contributed by atoms with Gasteiger partial charge in [-0.2, -0.15) is 0 Å². The number of ether oxygens (including phenoxy) is 1. The van der Waals surface area contributed by atoms with Gasteiger partial charge >= 0.3 is 5.97 Å². The van der Waals surface area contributed by atoms with Crippen molar-refractivity contribution >= 4 is 29.2 Å². The summed E-state index contributed by atoms with van der Waals surface area (Å²) in [5.41, 5.74) is 0.646. The number of esters is 1. The largest absolute Gasteiger partial charge is 0.466 e. The molecule has 0 radical (unpaired) electrons. The van der Waals surface area contributed by atoms with Gasteiger partial charge in [0.25, 0.3) is 0 Å². The fourth-order valence-electron chi connectivity index (χ4n) is 2.93. The van der Waals surface area contributed by atoms with E-state index in [-0.39, 0.29) is 11.9 Å². The van der Waals surface area contributed by atoms with Gasteiger partial charge in [0, 0.05) is 11.6 Å². The van der Waals surface area contributed by atoms with Crippen molar-refractivity contribution in [3.63, 3.8) is 0 Å². The van der Waals surface area contributed by atoms with E-state index in [4.69, 9.17) is 32.4 Å². The Kier molecular flexibility index (Phi) is 5.93. The highest BCUT2D eigenvalue weighted by Gasteiger charge is 2.27. The van der Waals surface area contributed by atoms with E-state index in [2.05, 4.69) is 15.1 Å². The predicted molar refractivity (Wildman–Crippen MR) is 94.4 cm³/mol. The molecule has 1 atom stereocenters. The van der Waals surface area contributed by atoms with Gasteiger partial charge in [0.2, 0.25) is 11.8 Å². The number of rotatable bonds is 5. The number of hydrogen-bond acceptors (Lipinski definition) is 6. The van der Waals surface area contributed by atoms with E-state index in [1.54, 1.807) is 18.2 Å². The second-order valence-corrected chi connectivity index (χ2v) is 6.80. The van der Waals surface area contributed by atoms with Crippen LogP contribution in [0.3, 0.4) is 0 Å². The zero-order valence-electron chi connectivity index (χ0n) is 13.9. The van der Waals surface area contributed by atoms with E-state index in [9.17, 15) is 4.79 Å². The lowest BCUT2D eigenvalue weighted by atomic mass is 9.98. The first-order valence-corrected chi connectivity index (χ1v) is 8.99. The summed E-state index contributed by atoms with van der Waals surface area (Å²) in [5, 5.41) is 9.16. The average molecular weight is 384 g/mol. The number of likely N-dealkylation sites (tertiary alicyclic amines) is 1. The average Bonchev–Trinajstić information content (AvgIpc) is 3.03. The lowest BCUT2D eigenvalue weighted by molar-refractivity contribution is -0.150. The molecule has 134 valence electrons. The third-order valence-electron chi connectivity index (χ3n) is 4.11. The number of piperidine rings is 1. The van der Waals surface area contributed by atoms with Crippen molar-refractivity contribution in [2.75, 3.05) is 19.7 Å². The van der Waals surface area contributed by atoms with Crippen LogP contribution in [0.4, 0.5) is 0 Å². The summed E-state index contributed by atoms with van der Waals surface area (Å²) in [7, 11) is 0. The molecule has 0 saturated carbocycles. The smallest absolute Gasteiger partial charge is 0.310 e. The highest BCUT2D eigenvalue weighted by Crippen LogP contribution is 2.29. The standard InChI is InChI=1S/C17H19Cl2N3O3/c1-2-24-17(23)11-4-3-7-22(9-11)10-15-20-21-16(25-15)13-6-5-12(18)8-14(13)19/h5-6,8,11H,2-4,7,9-10H2,1H3. The molecule has 1 unspecified atom stereocenters. The number of halogens is 2. The van der Waals surface area contributed by atoms with E-state index in [1.165, 1.54) is 0 Å². The van der Waals surface area contributed by atoms with Crippen LogP contribution in [-0.4, -0.2) is 40.8 Å². The molecule has 2 heterocycles. The van der Waals surface area contributed by atoms with E-state index in [0.29, 0.717) is 47.1 Å². The van der Waals surface area contributed by atoms with Gasteiger partial charge in [-0.25, -0.2) is 0 Å². The van der Waals surface area contributed by atoms with Crippen molar-refractivity contribution in [3.05, 3.63) is 34.1 Å². The summed E-state index contributed by atoms with van der Waals surface area (Å²) in [6, 6.07) is 5.11. The van der Waals surface area contributed by atoms with Crippen molar-refractivity contribution in [1.82, 2.24) is 15.1 Å². The Morgan fingerprint density at radius 1 is 1.40 bits per heavy atom. The molecule has 0 aliphatic carbocycles. The molecule has 1 aromatic heterocycles. The Morgan fingerprint density at radius 3 is 3.00 bits per heavy atom. The molecule has 2 aromatic rings. The minimum atomic E-state index is -0.133. The molecular weight excluding hydrogens is 365 g/mol. The number of carbonyl (C=O) groups is 1. The Labute approximate surface area is 156 Å². The van der Waals surface area contributed by atoms with Crippen LogP contribution in [0.5, 0.6) is 0 Å². The Morgan fingerprint density at radius 2 is 2.24 bits per heavy atom. The van der Waals surface area contributed by atoms with E-state index >= 15 is 0 Å². The fourth-order valence-corrected chi connectivity index (χ4v) is 3.42. The number of carbonyl (C=O) groups excluding carboxylic acids is 1. The molecular formula is C17H19Cl2N3O3. The summed E-state index contributed by atoms with van der Waals surface area (Å²) >= 11 is 12.1. The van der Waals surface area contributed by atoms with Gasteiger partial charge < -0.3 is 9.15 Å². The SMILES string of the molecule is CCOC(=O)C1CCCN(Cc2nnc(-c3ccc(Cl)cc3Cl)o2)C1. The highest BCUT2D eigenvalue weighted by atomic mass is 35.5. The van der Waals surface area contributed by atoms with E-state index in [1.807, 2.05) is 6.92 Å². The first-order chi connectivity index (χ1) is 12.1. The third kappa shape index (κ3) is 4.51. The Bertz CT molecular complexity index is 750. The molecule has 3 rings (SSSR count). The maximum atomic E-state index is 11.9. The van der Waals surface area contributed by atoms with Gasteiger partial charge in [0.05, 0.1) is 29.7 Å². The molecule has 6 nitrogen and oxygen atoms in total. The molecule has 0 bridgehead atoms. The van der Waals surface area contributed by atoms with Crippen LogP contribution in [-0.2, 0) is 16.1 Å². The molecule has 0 spiro atoms. The van der Waals surface area contributed by atoms with Crippen LogP contribution in [0.25, 0.3) is 11.5 Å². The zero-order chi connectivity index (χ0) is 17.8. The van der Waals surface area contributed by atoms with E-state index < -0.39 is 0 Å². The molecule has 0 amide bonds. The molecule has 1 aliphatic heterocycles. The molecule has 25 heavy (non-hydrogen) atoms.